The second kappa shape index (κ2) is 5.56. The standard InChI is InChI=1S/C22H19NO3/c1-25-18-11-8-14(9-12-18)19-16-7-10-17(13-16)22(19)21(24)26-20(23-22)15-5-3-2-4-6-15/h2-12,16-17,19H,13H2,1H3/t16-,17+,19-,22+/m0/s1. The summed E-state index contributed by atoms with van der Waals surface area (Å²) in [4.78, 5) is 18.0. The molecule has 0 aromatic heterocycles. The zero-order valence-corrected chi connectivity index (χ0v) is 14.5. The van der Waals surface area contributed by atoms with E-state index in [4.69, 9.17) is 14.5 Å². The highest BCUT2D eigenvalue weighted by molar-refractivity contribution is 6.09. The summed E-state index contributed by atoms with van der Waals surface area (Å²) in [6.45, 7) is 0. The molecule has 26 heavy (non-hydrogen) atoms. The van der Waals surface area contributed by atoms with Crippen molar-refractivity contribution in [2.24, 2.45) is 16.8 Å². The van der Waals surface area contributed by atoms with Crippen molar-refractivity contribution in [2.45, 2.75) is 17.9 Å². The summed E-state index contributed by atoms with van der Waals surface area (Å²) < 4.78 is 11.0. The van der Waals surface area contributed by atoms with Crippen molar-refractivity contribution in [3.05, 3.63) is 77.9 Å². The lowest BCUT2D eigenvalue weighted by Crippen LogP contribution is -2.44. The van der Waals surface area contributed by atoms with E-state index in [1.165, 1.54) is 0 Å². The Morgan fingerprint density at radius 3 is 2.58 bits per heavy atom. The van der Waals surface area contributed by atoms with Crippen LogP contribution in [0.1, 0.15) is 23.5 Å². The normalized spacial score (nSPS) is 31.3. The number of fused-ring (bicyclic) bond motifs is 3. The lowest BCUT2D eigenvalue weighted by Gasteiger charge is -2.32. The van der Waals surface area contributed by atoms with E-state index >= 15 is 0 Å². The first-order valence-corrected chi connectivity index (χ1v) is 8.92. The molecule has 0 radical (unpaired) electrons. The maximum atomic E-state index is 13.1. The minimum Gasteiger partial charge on any atom is -0.497 e. The highest BCUT2D eigenvalue weighted by Gasteiger charge is 2.65. The van der Waals surface area contributed by atoms with Gasteiger partial charge in [-0.05, 0) is 42.2 Å². The van der Waals surface area contributed by atoms with Crippen LogP contribution in [0.2, 0.25) is 0 Å². The summed E-state index contributed by atoms with van der Waals surface area (Å²) in [6.07, 6.45) is 5.31. The molecule has 2 bridgehead atoms. The van der Waals surface area contributed by atoms with Gasteiger partial charge in [-0.3, -0.25) is 0 Å². The van der Waals surface area contributed by atoms with E-state index in [0.29, 0.717) is 11.8 Å². The molecular weight excluding hydrogens is 326 g/mol. The summed E-state index contributed by atoms with van der Waals surface area (Å²) >= 11 is 0. The summed E-state index contributed by atoms with van der Waals surface area (Å²) in [5.41, 5.74) is 1.11. The monoisotopic (exact) mass is 345 g/mol. The molecule has 0 unspecified atom stereocenters. The number of aliphatic imine (C=N–C) groups is 1. The molecule has 4 nitrogen and oxygen atoms in total. The Morgan fingerprint density at radius 2 is 1.85 bits per heavy atom. The molecular formula is C22H19NO3. The van der Waals surface area contributed by atoms with Crippen molar-refractivity contribution in [3.8, 4) is 5.75 Å². The summed E-state index contributed by atoms with van der Waals surface area (Å²) in [6, 6.07) is 17.6. The number of hydrogen-bond acceptors (Lipinski definition) is 4. The molecule has 0 amide bonds. The average Bonchev–Trinajstić information content (AvgIpc) is 3.37. The lowest BCUT2D eigenvalue weighted by molar-refractivity contribution is -0.140. The van der Waals surface area contributed by atoms with Crippen molar-refractivity contribution >= 4 is 11.9 Å². The van der Waals surface area contributed by atoms with Crippen molar-refractivity contribution in [1.29, 1.82) is 0 Å². The van der Waals surface area contributed by atoms with Crippen LogP contribution in [0.3, 0.4) is 0 Å². The van der Waals surface area contributed by atoms with Crippen molar-refractivity contribution in [2.75, 3.05) is 7.11 Å². The molecule has 4 heteroatoms. The van der Waals surface area contributed by atoms with Gasteiger partial charge in [0.05, 0.1) is 7.11 Å². The number of allylic oxidation sites excluding steroid dienone is 1. The van der Waals surface area contributed by atoms with Crippen LogP contribution in [0.25, 0.3) is 0 Å². The predicted molar refractivity (Wildman–Crippen MR) is 98.3 cm³/mol. The van der Waals surface area contributed by atoms with Gasteiger partial charge in [0.15, 0.2) is 5.54 Å². The number of nitrogens with zero attached hydrogens (tertiary/aromatic N) is 1. The van der Waals surface area contributed by atoms with Crippen molar-refractivity contribution < 1.29 is 14.3 Å². The maximum Gasteiger partial charge on any atom is 0.342 e. The first-order valence-electron chi connectivity index (χ1n) is 8.92. The minimum atomic E-state index is -0.848. The SMILES string of the molecule is COc1ccc([C@H]2[C@H]3C=C[C@H](C3)[C@@]23N=C(c2ccccc2)OC3=O)cc1. The van der Waals surface area contributed by atoms with Gasteiger partial charge in [0, 0.05) is 17.4 Å². The Bertz CT molecular complexity index is 916. The fraction of sp³-hybridized carbons (Fsp3) is 0.273. The topological polar surface area (TPSA) is 47.9 Å². The van der Waals surface area contributed by atoms with Crippen LogP contribution >= 0.6 is 0 Å². The number of ether oxygens (including phenoxy) is 2. The van der Waals surface area contributed by atoms with Gasteiger partial charge in [0.2, 0.25) is 5.90 Å². The average molecular weight is 345 g/mol. The number of cyclic esters (lactones) is 1. The third kappa shape index (κ3) is 2.02. The summed E-state index contributed by atoms with van der Waals surface area (Å²) in [5, 5.41) is 0. The second-order valence-electron chi connectivity index (χ2n) is 7.14. The van der Waals surface area contributed by atoms with Gasteiger partial charge in [-0.25, -0.2) is 9.79 Å². The van der Waals surface area contributed by atoms with Crippen LogP contribution in [0.4, 0.5) is 0 Å². The second-order valence-corrected chi connectivity index (χ2v) is 7.14. The van der Waals surface area contributed by atoms with Gasteiger partial charge in [-0.2, -0.15) is 0 Å². The molecule has 4 atom stereocenters. The van der Waals surface area contributed by atoms with Gasteiger partial charge in [-0.15, -0.1) is 0 Å². The van der Waals surface area contributed by atoms with E-state index in [0.717, 1.165) is 23.3 Å². The van der Waals surface area contributed by atoms with Crippen LogP contribution in [0.15, 0.2) is 71.7 Å². The molecule has 0 N–H and O–H groups in total. The zero-order valence-electron chi connectivity index (χ0n) is 14.5. The zero-order chi connectivity index (χ0) is 17.7. The number of rotatable bonds is 3. The summed E-state index contributed by atoms with van der Waals surface area (Å²) in [7, 11) is 1.65. The molecule has 1 aliphatic heterocycles. The van der Waals surface area contributed by atoms with Crippen LogP contribution in [-0.2, 0) is 9.53 Å². The Labute approximate surface area is 152 Å². The molecule has 3 aliphatic rings. The molecule has 2 aromatic rings. The number of esters is 1. The highest BCUT2D eigenvalue weighted by Crippen LogP contribution is 2.59. The molecule has 1 saturated carbocycles. The van der Waals surface area contributed by atoms with Crippen molar-refractivity contribution in [1.82, 2.24) is 0 Å². The quantitative estimate of drug-likeness (QED) is 0.629. The predicted octanol–water partition coefficient (Wildman–Crippen LogP) is 3.73. The largest absolute Gasteiger partial charge is 0.497 e. The van der Waals surface area contributed by atoms with E-state index in [-0.39, 0.29) is 17.8 Å². The Balaban J connectivity index is 1.62. The van der Waals surface area contributed by atoms with Gasteiger partial charge in [0.1, 0.15) is 5.75 Å². The molecule has 1 heterocycles. The van der Waals surface area contributed by atoms with Crippen LogP contribution < -0.4 is 4.74 Å². The third-order valence-corrected chi connectivity index (χ3v) is 5.88. The van der Waals surface area contributed by atoms with Gasteiger partial charge < -0.3 is 9.47 Å². The first-order chi connectivity index (χ1) is 12.7. The fourth-order valence-electron chi connectivity index (χ4n) is 4.71. The van der Waals surface area contributed by atoms with Gasteiger partial charge >= 0.3 is 5.97 Å². The highest BCUT2D eigenvalue weighted by atomic mass is 16.6. The van der Waals surface area contributed by atoms with E-state index in [1.54, 1.807) is 7.11 Å². The number of benzene rings is 2. The minimum absolute atomic E-state index is 0.00267. The Kier molecular flexibility index (Phi) is 3.29. The first kappa shape index (κ1) is 15.4. The van der Waals surface area contributed by atoms with E-state index in [9.17, 15) is 4.79 Å². The smallest absolute Gasteiger partial charge is 0.342 e. The fourth-order valence-corrected chi connectivity index (χ4v) is 4.71. The van der Waals surface area contributed by atoms with Crippen LogP contribution in [0, 0.1) is 11.8 Å². The number of methoxy groups -OCH3 is 1. The number of hydrogen-bond donors (Lipinski definition) is 0. The summed E-state index contributed by atoms with van der Waals surface area (Å²) in [5.74, 6) is 1.42. The maximum absolute atomic E-state index is 13.1. The van der Waals surface area contributed by atoms with E-state index in [1.807, 2.05) is 54.6 Å². The molecule has 0 saturated heterocycles. The molecule has 2 aromatic carbocycles. The lowest BCUT2D eigenvalue weighted by atomic mass is 9.73. The van der Waals surface area contributed by atoms with Crippen molar-refractivity contribution in [3.63, 3.8) is 0 Å². The molecule has 2 aliphatic carbocycles. The molecule has 1 fully saturated rings. The van der Waals surface area contributed by atoms with Gasteiger partial charge in [0.25, 0.3) is 0 Å². The third-order valence-electron chi connectivity index (χ3n) is 5.88. The Hall–Kier alpha value is -2.88. The van der Waals surface area contributed by atoms with Gasteiger partial charge in [-0.1, -0.05) is 42.5 Å². The van der Waals surface area contributed by atoms with Crippen LogP contribution in [0.5, 0.6) is 5.75 Å². The van der Waals surface area contributed by atoms with E-state index in [2.05, 4.69) is 12.2 Å². The Morgan fingerprint density at radius 1 is 1.08 bits per heavy atom. The molecule has 5 rings (SSSR count). The van der Waals surface area contributed by atoms with Crippen LogP contribution in [-0.4, -0.2) is 24.5 Å². The number of carbonyl (C=O) groups is 1. The molecule has 1 spiro atoms. The van der Waals surface area contributed by atoms with E-state index < -0.39 is 5.54 Å². The number of carbonyl (C=O) groups excluding carboxylic acids is 1. The molecule has 130 valence electrons.